The molecule has 1 aromatic rings. The quantitative estimate of drug-likeness (QED) is 0.709. The Bertz CT molecular complexity index is 459. The van der Waals surface area contributed by atoms with Gasteiger partial charge in [-0.3, -0.25) is 0 Å². The molecule has 1 saturated heterocycles. The minimum Gasteiger partial charge on any atom is -0.396 e. The molecule has 0 aromatic carbocycles. The van der Waals surface area contributed by atoms with Crippen molar-refractivity contribution in [1.82, 2.24) is 15.6 Å². The summed E-state index contributed by atoms with van der Waals surface area (Å²) in [6.07, 6.45) is 2.43. The number of urea groups is 1. The van der Waals surface area contributed by atoms with Crippen molar-refractivity contribution < 1.29 is 9.90 Å². The number of amides is 2. The SMILES string of the molecule is Cc1cccc(N2CCC(NC(=O)NCCCO)CC2)n1. The van der Waals surface area contributed by atoms with Crippen LogP contribution in [0.5, 0.6) is 0 Å². The van der Waals surface area contributed by atoms with E-state index >= 15 is 0 Å². The van der Waals surface area contributed by atoms with Gasteiger partial charge in [-0.2, -0.15) is 0 Å². The second-order valence-electron chi connectivity index (χ2n) is 5.38. The third-order valence-electron chi connectivity index (χ3n) is 3.65. The number of pyridine rings is 1. The average molecular weight is 292 g/mol. The molecule has 3 N–H and O–H groups in total. The summed E-state index contributed by atoms with van der Waals surface area (Å²) >= 11 is 0. The topological polar surface area (TPSA) is 77.5 Å². The average Bonchev–Trinajstić information content (AvgIpc) is 2.48. The van der Waals surface area contributed by atoms with E-state index in [1.807, 2.05) is 25.1 Å². The molecule has 0 aliphatic carbocycles. The molecule has 0 spiro atoms. The zero-order valence-corrected chi connectivity index (χ0v) is 12.5. The van der Waals surface area contributed by atoms with E-state index in [-0.39, 0.29) is 18.7 Å². The van der Waals surface area contributed by atoms with Crippen molar-refractivity contribution in [3.05, 3.63) is 23.9 Å². The molecule has 1 aliphatic heterocycles. The first-order valence-corrected chi connectivity index (χ1v) is 7.53. The molecule has 1 fully saturated rings. The third kappa shape index (κ3) is 4.90. The molecular formula is C15H24N4O2. The van der Waals surface area contributed by atoms with Crippen LogP contribution in [0.15, 0.2) is 18.2 Å². The van der Waals surface area contributed by atoms with Crippen LogP contribution >= 0.6 is 0 Å². The molecule has 1 aromatic heterocycles. The number of aromatic nitrogens is 1. The number of anilines is 1. The summed E-state index contributed by atoms with van der Waals surface area (Å²) in [7, 11) is 0. The smallest absolute Gasteiger partial charge is 0.315 e. The minimum atomic E-state index is -0.143. The van der Waals surface area contributed by atoms with Gasteiger partial charge in [0.25, 0.3) is 0 Å². The lowest BCUT2D eigenvalue weighted by atomic mass is 10.1. The Kier molecular flexibility index (Phi) is 5.80. The predicted molar refractivity (Wildman–Crippen MR) is 82.4 cm³/mol. The second kappa shape index (κ2) is 7.83. The zero-order chi connectivity index (χ0) is 15.1. The van der Waals surface area contributed by atoms with Crippen molar-refractivity contribution in [1.29, 1.82) is 0 Å². The highest BCUT2D eigenvalue weighted by Crippen LogP contribution is 2.18. The number of carbonyl (C=O) groups is 1. The van der Waals surface area contributed by atoms with Crippen molar-refractivity contribution in [2.45, 2.75) is 32.2 Å². The Morgan fingerprint density at radius 2 is 2.19 bits per heavy atom. The van der Waals surface area contributed by atoms with Gasteiger partial charge < -0.3 is 20.6 Å². The lowest BCUT2D eigenvalue weighted by Gasteiger charge is -2.33. The number of nitrogens with zero attached hydrogens (tertiary/aromatic N) is 2. The lowest BCUT2D eigenvalue weighted by Crippen LogP contribution is -2.48. The molecule has 1 aliphatic rings. The molecular weight excluding hydrogens is 268 g/mol. The molecule has 2 heterocycles. The van der Waals surface area contributed by atoms with Gasteiger partial charge in [0.05, 0.1) is 0 Å². The monoisotopic (exact) mass is 292 g/mol. The third-order valence-corrected chi connectivity index (χ3v) is 3.65. The molecule has 6 heteroatoms. The largest absolute Gasteiger partial charge is 0.396 e. The summed E-state index contributed by atoms with van der Waals surface area (Å²) in [6, 6.07) is 6.11. The Morgan fingerprint density at radius 3 is 2.86 bits per heavy atom. The number of rotatable bonds is 5. The summed E-state index contributed by atoms with van der Waals surface area (Å²) < 4.78 is 0. The van der Waals surface area contributed by atoms with Crippen molar-refractivity contribution in [2.75, 3.05) is 31.1 Å². The van der Waals surface area contributed by atoms with Gasteiger partial charge in [-0.15, -0.1) is 0 Å². The van der Waals surface area contributed by atoms with Crippen LogP contribution in [-0.2, 0) is 0 Å². The van der Waals surface area contributed by atoms with Crippen LogP contribution in [0, 0.1) is 6.92 Å². The first-order chi connectivity index (χ1) is 10.2. The standard InChI is InChI=1S/C15H24N4O2/c1-12-4-2-5-14(17-12)19-9-6-13(7-10-19)18-15(21)16-8-3-11-20/h2,4-5,13,20H,3,6-11H2,1H3,(H2,16,18,21). The maximum Gasteiger partial charge on any atom is 0.315 e. The first-order valence-electron chi connectivity index (χ1n) is 7.53. The molecule has 6 nitrogen and oxygen atoms in total. The number of hydrogen-bond donors (Lipinski definition) is 3. The van der Waals surface area contributed by atoms with Gasteiger partial charge in [0, 0.05) is 38.0 Å². The summed E-state index contributed by atoms with van der Waals surface area (Å²) in [5.41, 5.74) is 1.02. The number of hydrogen-bond acceptors (Lipinski definition) is 4. The predicted octanol–water partition coefficient (Wildman–Crippen LogP) is 1.04. The van der Waals surface area contributed by atoms with Crippen LogP contribution in [-0.4, -0.2) is 48.4 Å². The van der Waals surface area contributed by atoms with E-state index in [0.29, 0.717) is 13.0 Å². The van der Waals surface area contributed by atoms with E-state index in [9.17, 15) is 4.79 Å². The van der Waals surface area contributed by atoms with Gasteiger partial charge in [0.1, 0.15) is 5.82 Å². The van der Waals surface area contributed by atoms with Crippen LogP contribution in [0.4, 0.5) is 10.6 Å². The lowest BCUT2D eigenvalue weighted by molar-refractivity contribution is 0.232. The zero-order valence-electron chi connectivity index (χ0n) is 12.5. The number of piperidine rings is 1. The fourth-order valence-corrected chi connectivity index (χ4v) is 2.48. The Morgan fingerprint density at radius 1 is 1.43 bits per heavy atom. The molecule has 2 rings (SSSR count). The Hall–Kier alpha value is -1.82. The molecule has 2 amide bonds. The maximum atomic E-state index is 11.7. The van der Waals surface area contributed by atoms with Gasteiger partial charge in [0.15, 0.2) is 0 Å². The van der Waals surface area contributed by atoms with E-state index < -0.39 is 0 Å². The molecule has 0 atom stereocenters. The molecule has 0 radical (unpaired) electrons. The van der Waals surface area contributed by atoms with E-state index in [4.69, 9.17) is 5.11 Å². The van der Waals surface area contributed by atoms with Gasteiger partial charge in [-0.25, -0.2) is 9.78 Å². The Labute approximate surface area is 125 Å². The first kappa shape index (κ1) is 15.6. The molecule has 21 heavy (non-hydrogen) atoms. The number of aliphatic hydroxyl groups excluding tert-OH is 1. The minimum absolute atomic E-state index is 0.0994. The van der Waals surface area contributed by atoms with Crippen LogP contribution in [0.3, 0.4) is 0 Å². The summed E-state index contributed by atoms with van der Waals surface area (Å²) in [5, 5.41) is 14.4. The second-order valence-corrected chi connectivity index (χ2v) is 5.38. The normalized spacial score (nSPS) is 15.8. The Balaban J connectivity index is 1.74. The highest BCUT2D eigenvalue weighted by atomic mass is 16.3. The van der Waals surface area contributed by atoms with Crippen molar-refractivity contribution >= 4 is 11.8 Å². The van der Waals surface area contributed by atoms with Crippen molar-refractivity contribution in [3.8, 4) is 0 Å². The van der Waals surface area contributed by atoms with E-state index in [1.54, 1.807) is 0 Å². The van der Waals surface area contributed by atoms with Gasteiger partial charge >= 0.3 is 6.03 Å². The highest BCUT2D eigenvalue weighted by molar-refractivity contribution is 5.74. The van der Waals surface area contributed by atoms with Gasteiger partial charge in [-0.1, -0.05) is 6.07 Å². The van der Waals surface area contributed by atoms with Crippen molar-refractivity contribution in [3.63, 3.8) is 0 Å². The molecule has 0 bridgehead atoms. The van der Waals surface area contributed by atoms with E-state index in [1.165, 1.54) is 0 Å². The van der Waals surface area contributed by atoms with Gasteiger partial charge in [0.2, 0.25) is 0 Å². The molecule has 0 saturated carbocycles. The van der Waals surface area contributed by atoms with Crippen LogP contribution in [0.25, 0.3) is 0 Å². The summed E-state index contributed by atoms with van der Waals surface area (Å²) in [4.78, 5) is 18.4. The summed E-state index contributed by atoms with van der Waals surface area (Å²) in [6.45, 7) is 4.40. The van der Waals surface area contributed by atoms with E-state index in [2.05, 4.69) is 20.5 Å². The molecule has 0 unspecified atom stereocenters. The summed E-state index contributed by atoms with van der Waals surface area (Å²) in [5.74, 6) is 1.01. The maximum absolute atomic E-state index is 11.7. The van der Waals surface area contributed by atoms with Crippen LogP contribution < -0.4 is 15.5 Å². The fraction of sp³-hybridized carbons (Fsp3) is 0.600. The molecule has 116 valence electrons. The van der Waals surface area contributed by atoms with Crippen LogP contribution in [0.1, 0.15) is 25.0 Å². The van der Waals surface area contributed by atoms with E-state index in [0.717, 1.165) is 37.4 Å². The number of aryl methyl sites for hydroxylation is 1. The number of aliphatic hydroxyl groups is 1. The number of nitrogens with one attached hydrogen (secondary N) is 2. The van der Waals surface area contributed by atoms with Crippen LogP contribution in [0.2, 0.25) is 0 Å². The fourth-order valence-electron chi connectivity index (χ4n) is 2.48. The van der Waals surface area contributed by atoms with Crippen molar-refractivity contribution in [2.24, 2.45) is 0 Å². The number of carbonyl (C=O) groups excluding carboxylic acids is 1. The van der Waals surface area contributed by atoms with Gasteiger partial charge in [-0.05, 0) is 38.3 Å². The highest BCUT2D eigenvalue weighted by Gasteiger charge is 2.21.